The maximum atomic E-state index is 5.85. The molecule has 1 unspecified atom stereocenters. The molecular formula is C16H21N3OS. The van der Waals surface area contributed by atoms with Crippen LogP contribution in [-0.2, 0) is 6.54 Å². The number of aromatic nitrogens is 1. The van der Waals surface area contributed by atoms with Gasteiger partial charge in [0.2, 0.25) is 5.89 Å². The van der Waals surface area contributed by atoms with Crippen LogP contribution in [0.2, 0.25) is 0 Å². The Balaban J connectivity index is 1.48. The first kappa shape index (κ1) is 13.5. The SMILES string of the molecule is Cc1oc(-c2cccs2)nc1CN1CCC2(CCNC2)C1. The third-order valence-electron chi connectivity index (χ3n) is 4.85. The number of thiophene rings is 1. The summed E-state index contributed by atoms with van der Waals surface area (Å²) in [6.07, 6.45) is 2.64. The van der Waals surface area contributed by atoms with Crippen molar-refractivity contribution in [2.24, 2.45) is 5.41 Å². The Morgan fingerprint density at radius 2 is 2.43 bits per heavy atom. The van der Waals surface area contributed by atoms with Gasteiger partial charge in [0.1, 0.15) is 5.76 Å². The molecule has 21 heavy (non-hydrogen) atoms. The van der Waals surface area contributed by atoms with E-state index >= 15 is 0 Å². The first-order valence-electron chi connectivity index (χ1n) is 7.67. The first-order valence-corrected chi connectivity index (χ1v) is 8.55. The zero-order valence-corrected chi connectivity index (χ0v) is 13.2. The van der Waals surface area contributed by atoms with Gasteiger partial charge in [0.15, 0.2) is 0 Å². The Labute approximate surface area is 129 Å². The summed E-state index contributed by atoms with van der Waals surface area (Å²) in [5, 5.41) is 5.58. The van der Waals surface area contributed by atoms with Crippen LogP contribution in [-0.4, -0.2) is 36.1 Å². The van der Waals surface area contributed by atoms with Gasteiger partial charge in [0, 0.05) is 19.6 Å². The molecule has 5 heteroatoms. The summed E-state index contributed by atoms with van der Waals surface area (Å²) in [4.78, 5) is 8.37. The van der Waals surface area contributed by atoms with Crippen LogP contribution in [0.5, 0.6) is 0 Å². The van der Waals surface area contributed by atoms with E-state index in [0.717, 1.165) is 28.8 Å². The summed E-state index contributed by atoms with van der Waals surface area (Å²) < 4.78 is 5.85. The highest BCUT2D eigenvalue weighted by Crippen LogP contribution is 2.37. The van der Waals surface area contributed by atoms with Crippen molar-refractivity contribution in [3.8, 4) is 10.8 Å². The molecule has 0 radical (unpaired) electrons. The smallest absolute Gasteiger partial charge is 0.236 e. The summed E-state index contributed by atoms with van der Waals surface area (Å²) in [5.74, 6) is 1.73. The molecule has 4 heterocycles. The summed E-state index contributed by atoms with van der Waals surface area (Å²) in [6.45, 7) is 7.69. The van der Waals surface area contributed by atoms with Crippen molar-refractivity contribution in [1.82, 2.24) is 15.2 Å². The van der Waals surface area contributed by atoms with Crippen LogP contribution in [0.25, 0.3) is 10.8 Å². The van der Waals surface area contributed by atoms with Crippen LogP contribution in [0, 0.1) is 12.3 Å². The Bertz CT molecular complexity index is 614. The van der Waals surface area contributed by atoms with E-state index in [1.54, 1.807) is 11.3 Å². The quantitative estimate of drug-likeness (QED) is 0.946. The Morgan fingerprint density at radius 3 is 3.19 bits per heavy atom. The molecule has 0 bridgehead atoms. The predicted molar refractivity (Wildman–Crippen MR) is 84.4 cm³/mol. The minimum Gasteiger partial charge on any atom is -0.440 e. The van der Waals surface area contributed by atoms with Crippen molar-refractivity contribution in [3.63, 3.8) is 0 Å². The third kappa shape index (κ3) is 2.54. The molecule has 112 valence electrons. The van der Waals surface area contributed by atoms with E-state index in [9.17, 15) is 0 Å². The number of hydrogen-bond acceptors (Lipinski definition) is 5. The lowest BCUT2D eigenvalue weighted by Crippen LogP contribution is -2.29. The summed E-state index contributed by atoms with van der Waals surface area (Å²) in [7, 11) is 0. The van der Waals surface area contributed by atoms with Gasteiger partial charge in [-0.2, -0.15) is 0 Å². The molecule has 0 aliphatic carbocycles. The molecule has 0 amide bonds. The maximum absolute atomic E-state index is 5.85. The van der Waals surface area contributed by atoms with Crippen LogP contribution < -0.4 is 5.32 Å². The van der Waals surface area contributed by atoms with Crippen LogP contribution in [0.1, 0.15) is 24.3 Å². The van der Waals surface area contributed by atoms with Gasteiger partial charge >= 0.3 is 0 Å². The summed E-state index contributed by atoms with van der Waals surface area (Å²) in [5.41, 5.74) is 1.62. The Kier molecular flexibility index (Phi) is 3.36. The number of hydrogen-bond donors (Lipinski definition) is 1. The van der Waals surface area contributed by atoms with Gasteiger partial charge in [0.05, 0.1) is 10.6 Å². The highest BCUT2D eigenvalue weighted by Gasteiger charge is 2.40. The summed E-state index contributed by atoms with van der Waals surface area (Å²) >= 11 is 1.68. The lowest BCUT2D eigenvalue weighted by Gasteiger charge is -2.22. The standard InChI is InChI=1S/C16H21N3OS/c1-12-13(18-15(20-12)14-3-2-8-21-14)9-19-7-5-16(11-19)4-6-17-10-16/h2-3,8,17H,4-7,9-11H2,1H3. The molecule has 0 aromatic carbocycles. The minimum atomic E-state index is 0.522. The second kappa shape index (κ2) is 5.23. The molecule has 2 aliphatic rings. The van der Waals surface area contributed by atoms with Gasteiger partial charge in [0.25, 0.3) is 0 Å². The topological polar surface area (TPSA) is 41.3 Å². The van der Waals surface area contributed by atoms with Crippen molar-refractivity contribution in [2.75, 3.05) is 26.2 Å². The summed E-state index contributed by atoms with van der Waals surface area (Å²) in [6, 6.07) is 4.10. The van der Waals surface area contributed by atoms with E-state index in [4.69, 9.17) is 9.40 Å². The third-order valence-corrected chi connectivity index (χ3v) is 5.71. The lowest BCUT2D eigenvalue weighted by atomic mass is 9.87. The molecule has 2 fully saturated rings. The van der Waals surface area contributed by atoms with Gasteiger partial charge in [-0.25, -0.2) is 4.98 Å². The molecule has 0 saturated carbocycles. The van der Waals surface area contributed by atoms with Gasteiger partial charge in [-0.3, -0.25) is 4.90 Å². The fourth-order valence-electron chi connectivity index (χ4n) is 3.60. The molecule has 2 aromatic rings. The van der Waals surface area contributed by atoms with Crippen LogP contribution >= 0.6 is 11.3 Å². The predicted octanol–water partition coefficient (Wildman–Crippen LogP) is 2.90. The van der Waals surface area contributed by atoms with Crippen LogP contribution in [0.4, 0.5) is 0 Å². The van der Waals surface area contributed by atoms with E-state index in [1.165, 1.54) is 39.0 Å². The van der Waals surface area contributed by atoms with E-state index in [0.29, 0.717) is 5.41 Å². The first-order chi connectivity index (χ1) is 10.2. The normalized spacial score (nSPS) is 26.1. The fraction of sp³-hybridized carbons (Fsp3) is 0.562. The molecular weight excluding hydrogens is 282 g/mol. The van der Waals surface area contributed by atoms with Crippen LogP contribution in [0.15, 0.2) is 21.9 Å². The molecule has 1 N–H and O–H groups in total. The van der Waals surface area contributed by atoms with Gasteiger partial charge < -0.3 is 9.73 Å². The Hall–Kier alpha value is -1.17. The number of rotatable bonds is 3. The van der Waals surface area contributed by atoms with E-state index in [1.807, 2.05) is 13.0 Å². The molecule has 2 aliphatic heterocycles. The maximum Gasteiger partial charge on any atom is 0.236 e. The number of nitrogens with zero attached hydrogens (tertiary/aromatic N) is 2. The van der Waals surface area contributed by atoms with E-state index < -0.39 is 0 Å². The fourth-order valence-corrected chi connectivity index (χ4v) is 4.25. The second-order valence-corrected chi connectivity index (χ2v) is 7.33. The van der Waals surface area contributed by atoms with Crippen molar-refractivity contribution in [2.45, 2.75) is 26.3 Å². The number of likely N-dealkylation sites (tertiary alicyclic amines) is 1. The van der Waals surface area contributed by atoms with Crippen molar-refractivity contribution in [1.29, 1.82) is 0 Å². The molecule has 1 spiro atoms. The van der Waals surface area contributed by atoms with Gasteiger partial charge in [-0.05, 0) is 49.7 Å². The largest absolute Gasteiger partial charge is 0.440 e. The molecule has 2 aromatic heterocycles. The zero-order valence-electron chi connectivity index (χ0n) is 12.4. The number of aryl methyl sites for hydroxylation is 1. The van der Waals surface area contributed by atoms with Crippen molar-refractivity contribution >= 4 is 11.3 Å². The zero-order chi connectivity index (χ0) is 14.3. The highest BCUT2D eigenvalue weighted by molar-refractivity contribution is 7.13. The van der Waals surface area contributed by atoms with E-state index in [2.05, 4.69) is 21.7 Å². The van der Waals surface area contributed by atoms with E-state index in [-0.39, 0.29) is 0 Å². The van der Waals surface area contributed by atoms with Crippen molar-refractivity contribution < 1.29 is 4.42 Å². The number of oxazole rings is 1. The molecule has 4 rings (SSSR count). The lowest BCUT2D eigenvalue weighted by molar-refractivity contribution is 0.265. The molecule has 1 atom stereocenters. The van der Waals surface area contributed by atoms with Gasteiger partial charge in [-0.15, -0.1) is 11.3 Å². The van der Waals surface area contributed by atoms with Crippen LogP contribution in [0.3, 0.4) is 0 Å². The number of nitrogens with one attached hydrogen (secondary N) is 1. The highest BCUT2D eigenvalue weighted by atomic mass is 32.1. The second-order valence-electron chi connectivity index (χ2n) is 6.39. The van der Waals surface area contributed by atoms with Gasteiger partial charge in [-0.1, -0.05) is 6.07 Å². The monoisotopic (exact) mass is 303 g/mol. The average molecular weight is 303 g/mol. The van der Waals surface area contributed by atoms with Crippen molar-refractivity contribution in [3.05, 3.63) is 29.0 Å². The average Bonchev–Trinajstić information content (AvgIpc) is 3.22. The molecule has 2 saturated heterocycles. The minimum absolute atomic E-state index is 0.522. The Morgan fingerprint density at radius 1 is 1.48 bits per heavy atom. The molecule has 4 nitrogen and oxygen atoms in total.